The quantitative estimate of drug-likeness (QED) is 0.864. The molecule has 0 unspecified atom stereocenters. The number of aliphatic hydroxyl groups is 1. The molecule has 90 valence electrons. The second-order valence-electron chi connectivity index (χ2n) is 4.36. The van der Waals surface area contributed by atoms with Crippen molar-refractivity contribution in [1.82, 2.24) is 0 Å². The Morgan fingerprint density at radius 1 is 1.19 bits per heavy atom. The molecule has 0 aliphatic carbocycles. The molecule has 1 N–H and O–H groups in total. The summed E-state index contributed by atoms with van der Waals surface area (Å²) in [6, 6.07) is 4.02. The summed E-state index contributed by atoms with van der Waals surface area (Å²) in [6.45, 7) is 3.88. The molecule has 0 bridgehead atoms. The van der Waals surface area contributed by atoms with Gasteiger partial charge in [-0.2, -0.15) is 0 Å². The van der Waals surface area contributed by atoms with Gasteiger partial charge in [-0.3, -0.25) is 0 Å². The number of halogens is 2. The molecule has 0 radical (unpaired) electrons. The summed E-state index contributed by atoms with van der Waals surface area (Å²) in [5.41, 5.74) is -0.994. The fraction of sp³-hybridized carbons (Fsp3) is 0.500. The number of benzene rings is 1. The maximum atomic E-state index is 13.1. The van der Waals surface area contributed by atoms with Crippen molar-refractivity contribution in [3.05, 3.63) is 29.3 Å². The van der Waals surface area contributed by atoms with Gasteiger partial charge in [0.2, 0.25) is 0 Å². The first kappa shape index (κ1) is 12.9. The molecule has 0 spiro atoms. The number of methoxy groups -OCH3 is 1. The molecule has 0 heterocycles. The molecule has 0 aromatic heterocycles. The van der Waals surface area contributed by atoms with Crippen LogP contribution in [0.2, 0.25) is 0 Å². The Morgan fingerprint density at radius 3 is 2.12 bits per heavy atom. The van der Waals surface area contributed by atoms with Crippen molar-refractivity contribution in [1.29, 1.82) is 0 Å². The Morgan fingerprint density at radius 2 is 1.75 bits per heavy atom. The minimum Gasteiger partial charge on any atom is -0.496 e. The summed E-state index contributed by atoms with van der Waals surface area (Å²) in [4.78, 5) is 0. The molecule has 4 heteroatoms. The first-order valence-electron chi connectivity index (χ1n) is 4.95. The number of hydrogen-bond acceptors (Lipinski definition) is 2. The van der Waals surface area contributed by atoms with Crippen molar-refractivity contribution < 1.29 is 18.6 Å². The van der Waals surface area contributed by atoms with Gasteiger partial charge in [0.25, 0.3) is 5.92 Å². The van der Waals surface area contributed by atoms with E-state index in [0.717, 1.165) is 6.92 Å². The fourth-order valence-electron chi connectivity index (χ4n) is 1.46. The Bertz CT molecular complexity index is 376. The van der Waals surface area contributed by atoms with Crippen molar-refractivity contribution in [2.24, 2.45) is 0 Å². The smallest absolute Gasteiger partial charge is 0.270 e. The van der Waals surface area contributed by atoms with Crippen LogP contribution in [0, 0.1) is 0 Å². The van der Waals surface area contributed by atoms with Crippen LogP contribution in [0.15, 0.2) is 18.2 Å². The van der Waals surface area contributed by atoms with Gasteiger partial charge in [0.1, 0.15) is 5.75 Å². The molecule has 1 aromatic carbocycles. The molecule has 0 aliphatic rings. The first-order valence-corrected chi connectivity index (χ1v) is 4.95. The Hall–Kier alpha value is -1.16. The van der Waals surface area contributed by atoms with E-state index in [1.807, 2.05) is 0 Å². The van der Waals surface area contributed by atoms with E-state index >= 15 is 0 Å². The lowest BCUT2D eigenvalue weighted by molar-refractivity contribution is 0.0166. The monoisotopic (exact) mass is 230 g/mol. The molecule has 1 aromatic rings. The highest BCUT2D eigenvalue weighted by Crippen LogP contribution is 2.35. The zero-order valence-electron chi connectivity index (χ0n) is 9.84. The second-order valence-corrected chi connectivity index (χ2v) is 4.36. The molecule has 2 nitrogen and oxygen atoms in total. The van der Waals surface area contributed by atoms with Crippen LogP contribution in [-0.4, -0.2) is 12.2 Å². The summed E-state index contributed by atoms with van der Waals surface area (Å²) >= 11 is 0. The third-order valence-corrected chi connectivity index (χ3v) is 2.37. The van der Waals surface area contributed by atoms with Crippen molar-refractivity contribution in [3.63, 3.8) is 0 Å². The molecule has 0 saturated heterocycles. The lowest BCUT2D eigenvalue weighted by Crippen LogP contribution is -2.18. The van der Waals surface area contributed by atoms with Crippen LogP contribution in [0.5, 0.6) is 5.75 Å². The Balaban J connectivity index is 3.34. The van der Waals surface area contributed by atoms with Gasteiger partial charge in [-0.05, 0) is 32.0 Å². The minimum atomic E-state index is -2.92. The zero-order chi connectivity index (χ0) is 12.6. The maximum absolute atomic E-state index is 13.1. The molecular weight excluding hydrogens is 214 g/mol. The minimum absolute atomic E-state index is 0.134. The van der Waals surface area contributed by atoms with E-state index in [4.69, 9.17) is 4.74 Å². The van der Waals surface area contributed by atoms with Crippen LogP contribution in [0.4, 0.5) is 8.78 Å². The van der Waals surface area contributed by atoms with Crippen LogP contribution in [-0.2, 0) is 11.5 Å². The van der Waals surface area contributed by atoms with Gasteiger partial charge >= 0.3 is 0 Å². The van der Waals surface area contributed by atoms with Gasteiger partial charge in [0, 0.05) is 18.1 Å². The van der Waals surface area contributed by atoms with Gasteiger partial charge in [0.05, 0.1) is 12.7 Å². The molecule has 1 rings (SSSR count). The SMILES string of the molecule is COc1ccc(C(C)(F)F)cc1C(C)(C)O. The lowest BCUT2D eigenvalue weighted by atomic mass is 9.94. The lowest BCUT2D eigenvalue weighted by Gasteiger charge is -2.23. The standard InChI is InChI=1S/C12H16F2O2/c1-11(2,15)9-7-8(12(3,13)14)5-6-10(9)16-4/h5-7,15H,1-4H3. The summed E-state index contributed by atoms with van der Waals surface area (Å²) in [6.07, 6.45) is 0. The maximum Gasteiger partial charge on any atom is 0.270 e. The predicted molar refractivity (Wildman–Crippen MR) is 57.8 cm³/mol. The van der Waals surface area contributed by atoms with Gasteiger partial charge in [-0.15, -0.1) is 0 Å². The molecule has 0 atom stereocenters. The number of rotatable bonds is 3. The third kappa shape index (κ3) is 2.70. The van der Waals surface area contributed by atoms with Crippen LogP contribution < -0.4 is 4.74 Å². The van der Waals surface area contributed by atoms with Crippen molar-refractivity contribution in [2.75, 3.05) is 7.11 Å². The zero-order valence-corrected chi connectivity index (χ0v) is 9.84. The Kier molecular flexibility index (Phi) is 3.24. The average Bonchev–Trinajstić information content (AvgIpc) is 2.14. The van der Waals surface area contributed by atoms with E-state index in [1.54, 1.807) is 0 Å². The van der Waals surface area contributed by atoms with Crippen LogP contribution >= 0.6 is 0 Å². The summed E-state index contributed by atoms with van der Waals surface area (Å²) in [5, 5.41) is 9.87. The Labute approximate surface area is 93.9 Å². The number of hydrogen-bond donors (Lipinski definition) is 1. The summed E-state index contributed by atoms with van der Waals surface area (Å²) in [5.74, 6) is -2.52. The van der Waals surface area contributed by atoms with E-state index in [-0.39, 0.29) is 5.56 Å². The highest BCUT2D eigenvalue weighted by Gasteiger charge is 2.28. The van der Waals surface area contributed by atoms with Crippen molar-refractivity contribution >= 4 is 0 Å². The van der Waals surface area contributed by atoms with Crippen LogP contribution in [0.3, 0.4) is 0 Å². The van der Waals surface area contributed by atoms with Gasteiger partial charge in [-0.25, -0.2) is 8.78 Å². The largest absolute Gasteiger partial charge is 0.496 e. The first-order chi connectivity index (χ1) is 7.16. The second kappa shape index (κ2) is 4.01. The number of alkyl halides is 2. The van der Waals surface area contributed by atoms with Crippen LogP contribution in [0.1, 0.15) is 31.9 Å². The fourth-order valence-corrected chi connectivity index (χ4v) is 1.46. The van der Waals surface area contributed by atoms with Gasteiger partial charge < -0.3 is 9.84 Å². The predicted octanol–water partition coefficient (Wildman–Crippen LogP) is 3.03. The molecular formula is C12H16F2O2. The topological polar surface area (TPSA) is 29.5 Å². The molecule has 0 fully saturated rings. The summed E-state index contributed by atoms with van der Waals surface area (Å²) in [7, 11) is 1.44. The molecule has 16 heavy (non-hydrogen) atoms. The van der Waals surface area contributed by atoms with E-state index in [2.05, 4.69) is 0 Å². The summed E-state index contributed by atoms with van der Waals surface area (Å²) < 4.78 is 31.3. The van der Waals surface area contributed by atoms with E-state index < -0.39 is 11.5 Å². The normalized spacial score (nSPS) is 12.7. The van der Waals surface area contributed by atoms with Gasteiger partial charge in [0.15, 0.2) is 0 Å². The molecule has 0 saturated carbocycles. The van der Waals surface area contributed by atoms with E-state index in [1.165, 1.54) is 39.2 Å². The van der Waals surface area contributed by atoms with E-state index in [9.17, 15) is 13.9 Å². The molecule has 0 aliphatic heterocycles. The third-order valence-electron chi connectivity index (χ3n) is 2.37. The van der Waals surface area contributed by atoms with E-state index in [0.29, 0.717) is 11.3 Å². The average molecular weight is 230 g/mol. The highest BCUT2D eigenvalue weighted by molar-refractivity contribution is 5.41. The highest BCUT2D eigenvalue weighted by atomic mass is 19.3. The van der Waals surface area contributed by atoms with Crippen molar-refractivity contribution in [2.45, 2.75) is 32.3 Å². The van der Waals surface area contributed by atoms with Crippen molar-refractivity contribution in [3.8, 4) is 5.75 Å². The number of ether oxygens (including phenoxy) is 1. The molecule has 0 amide bonds. The van der Waals surface area contributed by atoms with Gasteiger partial charge in [-0.1, -0.05) is 0 Å². The van der Waals surface area contributed by atoms with Crippen LogP contribution in [0.25, 0.3) is 0 Å².